The zero-order valence-corrected chi connectivity index (χ0v) is 14.4. The summed E-state index contributed by atoms with van der Waals surface area (Å²) in [5, 5.41) is 8.92. The van der Waals surface area contributed by atoms with Crippen LogP contribution in [0.5, 0.6) is 11.5 Å². The van der Waals surface area contributed by atoms with Gasteiger partial charge in [-0.05, 0) is 41.3 Å². The maximum absolute atomic E-state index is 10.9. The smallest absolute Gasteiger partial charge is 0.335 e. The molecule has 24 heavy (non-hydrogen) atoms. The number of hydrogen-bond acceptors (Lipinski definition) is 3. The third-order valence-corrected chi connectivity index (χ3v) is 3.77. The Balaban J connectivity index is 2.33. The molecule has 0 aliphatic rings. The molecule has 0 fully saturated rings. The van der Waals surface area contributed by atoms with Gasteiger partial charge in [-0.1, -0.05) is 38.1 Å². The van der Waals surface area contributed by atoms with Gasteiger partial charge in [0.05, 0.1) is 19.8 Å². The number of rotatable bonds is 6. The molecule has 0 unspecified atom stereocenters. The van der Waals surface area contributed by atoms with Gasteiger partial charge in [-0.2, -0.15) is 0 Å². The van der Waals surface area contributed by atoms with Crippen LogP contribution >= 0.6 is 0 Å². The van der Waals surface area contributed by atoms with Crippen molar-refractivity contribution in [3.8, 4) is 11.5 Å². The van der Waals surface area contributed by atoms with Crippen LogP contribution in [-0.2, 0) is 0 Å². The van der Waals surface area contributed by atoms with Crippen molar-refractivity contribution < 1.29 is 19.4 Å². The van der Waals surface area contributed by atoms with Gasteiger partial charge < -0.3 is 14.6 Å². The molecule has 0 saturated carbocycles. The summed E-state index contributed by atoms with van der Waals surface area (Å²) in [5.74, 6) is 0.955. The third kappa shape index (κ3) is 3.96. The number of benzene rings is 2. The van der Waals surface area contributed by atoms with Crippen molar-refractivity contribution in [3.63, 3.8) is 0 Å². The molecule has 0 spiro atoms. The van der Waals surface area contributed by atoms with E-state index in [2.05, 4.69) is 13.8 Å². The first kappa shape index (κ1) is 17.6. The Morgan fingerprint density at radius 1 is 0.958 bits per heavy atom. The van der Waals surface area contributed by atoms with Crippen LogP contribution in [0.15, 0.2) is 36.4 Å². The minimum absolute atomic E-state index is 0.275. The molecule has 0 aromatic heterocycles. The van der Waals surface area contributed by atoms with Gasteiger partial charge in [0.25, 0.3) is 0 Å². The SMILES string of the molecule is COc1cc(/C=C/c2ccc(C(=O)O)cc2)cc(OC)c1C(C)C. The Kier molecular flexibility index (Phi) is 5.64. The van der Waals surface area contributed by atoms with Crippen molar-refractivity contribution >= 4 is 18.1 Å². The van der Waals surface area contributed by atoms with E-state index in [1.54, 1.807) is 38.5 Å². The van der Waals surface area contributed by atoms with Crippen molar-refractivity contribution in [2.45, 2.75) is 19.8 Å². The summed E-state index contributed by atoms with van der Waals surface area (Å²) in [6.07, 6.45) is 3.87. The van der Waals surface area contributed by atoms with E-state index in [0.717, 1.165) is 28.2 Å². The van der Waals surface area contributed by atoms with Gasteiger partial charge in [0.15, 0.2) is 0 Å². The summed E-state index contributed by atoms with van der Waals surface area (Å²) in [6, 6.07) is 10.7. The van der Waals surface area contributed by atoms with Crippen LogP contribution < -0.4 is 9.47 Å². The van der Waals surface area contributed by atoms with Gasteiger partial charge in [0, 0.05) is 5.56 Å². The summed E-state index contributed by atoms with van der Waals surface area (Å²) in [7, 11) is 3.30. The number of carboxylic acids is 1. The largest absolute Gasteiger partial charge is 0.496 e. The third-order valence-electron chi connectivity index (χ3n) is 3.77. The molecular formula is C20H22O4. The van der Waals surface area contributed by atoms with E-state index in [9.17, 15) is 4.79 Å². The van der Waals surface area contributed by atoms with Crippen LogP contribution in [-0.4, -0.2) is 25.3 Å². The second-order valence-electron chi connectivity index (χ2n) is 5.75. The van der Waals surface area contributed by atoms with Crippen molar-refractivity contribution in [1.29, 1.82) is 0 Å². The summed E-state index contributed by atoms with van der Waals surface area (Å²) in [5.41, 5.74) is 3.20. The van der Waals surface area contributed by atoms with Crippen LogP contribution in [0.25, 0.3) is 12.2 Å². The molecule has 0 aliphatic carbocycles. The quantitative estimate of drug-likeness (QED) is 0.782. The van der Waals surface area contributed by atoms with E-state index in [-0.39, 0.29) is 11.5 Å². The Morgan fingerprint density at radius 3 is 1.88 bits per heavy atom. The average Bonchev–Trinajstić information content (AvgIpc) is 2.58. The summed E-state index contributed by atoms with van der Waals surface area (Å²) < 4.78 is 11.0. The molecule has 0 bridgehead atoms. The van der Waals surface area contributed by atoms with E-state index in [4.69, 9.17) is 14.6 Å². The highest BCUT2D eigenvalue weighted by atomic mass is 16.5. The Morgan fingerprint density at radius 2 is 1.46 bits per heavy atom. The molecule has 2 aromatic carbocycles. The Hall–Kier alpha value is -2.75. The minimum Gasteiger partial charge on any atom is -0.496 e. The fraction of sp³-hybridized carbons (Fsp3) is 0.250. The lowest BCUT2D eigenvalue weighted by Crippen LogP contribution is -1.99. The van der Waals surface area contributed by atoms with E-state index in [0.29, 0.717) is 0 Å². The standard InChI is InChI=1S/C20H22O4/c1-13(2)19-17(23-3)11-15(12-18(19)24-4)6-5-14-7-9-16(10-8-14)20(21)22/h5-13H,1-4H3,(H,21,22)/b6-5+. The molecule has 0 aliphatic heterocycles. The number of methoxy groups -OCH3 is 2. The van der Waals surface area contributed by atoms with Crippen molar-refractivity contribution in [2.24, 2.45) is 0 Å². The number of ether oxygens (including phenoxy) is 2. The molecular weight excluding hydrogens is 304 g/mol. The van der Waals surface area contributed by atoms with Crippen molar-refractivity contribution in [1.82, 2.24) is 0 Å². The predicted octanol–water partition coefficient (Wildman–Crippen LogP) is 4.70. The lowest BCUT2D eigenvalue weighted by molar-refractivity contribution is 0.0697. The highest BCUT2D eigenvalue weighted by molar-refractivity contribution is 5.88. The van der Waals surface area contributed by atoms with Gasteiger partial charge >= 0.3 is 5.97 Å². The topological polar surface area (TPSA) is 55.8 Å². The lowest BCUT2D eigenvalue weighted by atomic mass is 9.98. The first-order valence-electron chi connectivity index (χ1n) is 7.73. The zero-order valence-electron chi connectivity index (χ0n) is 14.4. The van der Waals surface area contributed by atoms with Crippen LogP contribution in [0.3, 0.4) is 0 Å². The molecule has 0 saturated heterocycles. The predicted molar refractivity (Wildman–Crippen MR) is 96.0 cm³/mol. The maximum atomic E-state index is 10.9. The van der Waals surface area contributed by atoms with E-state index in [1.807, 2.05) is 24.3 Å². The maximum Gasteiger partial charge on any atom is 0.335 e. The second kappa shape index (κ2) is 7.68. The molecule has 1 N–H and O–H groups in total. The normalized spacial score (nSPS) is 11.0. The molecule has 4 heteroatoms. The fourth-order valence-corrected chi connectivity index (χ4v) is 2.55. The van der Waals surface area contributed by atoms with Gasteiger partial charge in [-0.25, -0.2) is 4.79 Å². The molecule has 0 radical (unpaired) electrons. The molecule has 0 atom stereocenters. The Labute approximate surface area is 142 Å². The lowest BCUT2D eigenvalue weighted by Gasteiger charge is -2.17. The first-order chi connectivity index (χ1) is 11.5. The number of aromatic carboxylic acids is 1. The molecule has 2 rings (SSSR count). The van der Waals surface area contributed by atoms with Crippen LogP contribution in [0.2, 0.25) is 0 Å². The van der Waals surface area contributed by atoms with Crippen molar-refractivity contribution in [3.05, 3.63) is 58.7 Å². The van der Waals surface area contributed by atoms with Gasteiger partial charge in [0.2, 0.25) is 0 Å². The molecule has 126 valence electrons. The fourth-order valence-electron chi connectivity index (χ4n) is 2.55. The average molecular weight is 326 g/mol. The minimum atomic E-state index is -0.927. The van der Waals surface area contributed by atoms with E-state index >= 15 is 0 Å². The highest BCUT2D eigenvalue weighted by Gasteiger charge is 2.14. The second-order valence-corrected chi connectivity index (χ2v) is 5.75. The van der Waals surface area contributed by atoms with Crippen molar-refractivity contribution in [2.75, 3.05) is 14.2 Å². The zero-order chi connectivity index (χ0) is 17.7. The number of carbonyl (C=O) groups is 1. The molecule has 4 nitrogen and oxygen atoms in total. The van der Waals surface area contributed by atoms with E-state index in [1.165, 1.54) is 0 Å². The summed E-state index contributed by atoms with van der Waals surface area (Å²) >= 11 is 0. The van der Waals surface area contributed by atoms with Crippen LogP contribution in [0.4, 0.5) is 0 Å². The van der Waals surface area contributed by atoms with Crippen LogP contribution in [0.1, 0.15) is 46.8 Å². The first-order valence-corrected chi connectivity index (χ1v) is 7.73. The van der Waals surface area contributed by atoms with Gasteiger partial charge in [-0.3, -0.25) is 0 Å². The number of carboxylic acid groups (broad SMARTS) is 1. The number of hydrogen-bond donors (Lipinski definition) is 1. The van der Waals surface area contributed by atoms with E-state index < -0.39 is 5.97 Å². The van der Waals surface area contributed by atoms with Gasteiger partial charge in [-0.15, -0.1) is 0 Å². The summed E-state index contributed by atoms with van der Waals surface area (Å²) in [6.45, 7) is 4.19. The summed E-state index contributed by atoms with van der Waals surface area (Å²) in [4.78, 5) is 10.9. The van der Waals surface area contributed by atoms with Crippen LogP contribution in [0, 0.1) is 0 Å². The van der Waals surface area contributed by atoms with Gasteiger partial charge in [0.1, 0.15) is 11.5 Å². The molecule has 0 amide bonds. The Bertz CT molecular complexity index is 718. The highest BCUT2D eigenvalue weighted by Crippen LogP contribution is 2.36. The molecule has 0 heterocycles. The molecule has 2 aromatic rings. The monoisotopic (exact) mass is 326 g/mol.